The van der Waals surface area contributed by atoms with Crippen LogP contribution in [0.15, 0.2) is 43.1 Å². The molecule has 50 heavy (non-hydrogen) atoms. The zero-order valence-electron chi connectivity index (χ0n) is 28.7. The molecule has 4 aromatic rings. The van der Waals surface area contributed by atoms with E-state index in [0.29, 0.717) is 67.1 Å². The summed E-state index contributed by atoms with van der Waals surface area (Å²) in [6.45, 7) is 5.34. The fraction of sp³-hybridized carbons (Fsp3) is 0.571. The quantitative estimate of drug-likeness (QED) is 0.174. The topological polar surface area (TPSA) is 163 Å². The van der Waals surface area contributed by atoms with Crippen molar-refractivity contribution in [2.45, 2.75) is 95.1 Å². The lowest BCUT2D eigenvalue weighted by Gasteiger charge is -2.43. The van der Waals surface area contributed by atoms with Crippen molar-refractivity contribution in [1.29, 1.82) is 5.26 Å². The van der Waals surface area contributed by atoms with Gasteiger partial charge in [0.25, 0.3) is 5.88 Å². The summed E-state index contributed by atoms with van der Waals surface area (Å²) in [5.74, 6) is 1.45. The molecule has 2 bridgehead atoms. The van der Waals surface area contributed by atoms with Crippen molar-refractivity contribution in [2.24, 2.45) is 0 Å². The molecule has 15 nitrogen and oxygen atoms in total. The number of morpholine rings is 1. The smallest absolute Gasteiger partial charge is 0.256 e. The Labute approximate surface area is 291 Å². The first-order valence-electron chi connectivity index (χ1n) is 17.6. The number of benzene rings is 1. The molecule has 5 heterocycles. The highest BCUT2D eigenvalue weighted by Crippen LogP contribution is 2.39. The average Bonchev–Trinajstić information content (AvgIpc) is 3.86. The van der Waals surface area contributed by atoms with Crippen LogP contribution >= 0.6 is 0 Å². The first kappa shape index (κ1) is 33.8. The Morgan fingerprint density at radius 3 is 2.44 bits per heavy atom. The van der Waals surface area contributed by atoms with Crippen LogP contribution in [-0.2, 0) is 16.0 Å². The molecule has 0 spiro atoms. The zero-order valence-corrected chi connectivity index (χ0v) is 28.7. The number of anilines is 2. The van der Waals surface area contributed by atoms with Crippen molar-refractivity contribution < 1.29 is 18.9 Å². The number of unbranched alkanes of at least 4 members (excludes halogenated alkanes) is 1. The third-order valence-electron chi connectivity index (χ3n) is 9.94. The molecule has 0 amide bonds. The van der Waals surface area contributed by atoms with Crippen LogP contribution in [0.25, 0.3) is 11.1 Å². The van der Waals surface area contributed by atoms with Crippen LogP contribution in [0, 0.1) is 11.3 Å². The van der Waals surface area contributed by atoms with E-state index in [1.165, 1.54) is 32.0 Å². The highest BCUT2D eigenvalue weighted by molar-refractivity contribution is 5.67. The van der Waals surface area contributed by atoms with Gasteiger partial charge < -0.3 is 24.3 Å². The number of fused-ring (bicyclic) bond motifs is 2. The second-order valence-electron chi connectivity index (χ2n) is 13.4. The van der Waals surface area contributed by atoms with E-state index < -0.39 is 0 Å². The van der Waals surface area contributed by atoms with Crippen molar-refractivity contribution in [2.75, 3.05) is 38.9 Å². The summed E-state index contributed by atoms with van der Waals surface area (Å²) in [6, 6.07) is 9.75. The molecule has 3 fully saturated rings. The molecule has 0 unspecified atom stereocenters. The fourth-order valence-corrected chi connectivity index (χ4v) is 7.48. The normalized spacial score (nSPS) is 22.6. The maximum atomic E-state index is 9.68. The van der Waals surface area contributed by atoms with Crippen LogP contribution < -0.4 is 14.8 Å². The van der Waals surface area contributed by atoms with Gasteiger partial charge in [0.2, 0.25) is 5.95 Å². The minimum absolute atomic E-state index is 0.268. The highest BCUT2D eigenvalue weighted by Gasteiger charge is 2.42. The van der Waals surface area contributed by atoms with E-state index >= 15 is 0 Å². The van der Waals surface area contributed by atoms with Crippen LogP contribution in [0.5, 0.6) is 11.6 Å². The second-order valence-corrected chi connectivity index (χ2v) is 13.4. The van der Waals surface area contributed by atoms with E-state index in [4.69, 9.17) is 24.0 Å². The number of nitrogens with one attached hydrogen (secondary N) is 1. The molecule has 3 atom stereocenters. The predicted octanol–water partition coefficient (Wildman–Crippen LogP) is 4.56. The van der Waals surface area contributed by atoms with Gasteiger partial charge in [-0.1, -0.05) is 6.07 Å². The number of nitriles is 1. The molecule has 264 valence electrons. The number of hydrogen-bond acceptors (Lipinski definition) is 13. The summed E-state index contributed by atoms with van der Waals surface area (Å²) < 4.78 is 27.0. The molecule has 7 rings (SSSR count). The molecular weight excluding hydrogens is 638 g/mol. The molecule has 3 aromatic heterocycles. The molecule has 1 aromatic carbocycles. The van der Waals surface area contributed by atoms with E-state index in [0.717, 1.165) is 55.7 Å². The lowest BCUT2D eigenvalue weighted by Crippen LogP contribution is -2.52. The minimum Gasteiger partial charge on any atom is -0.487 e. The summed E-state index contributed by atoms with van der Waals surface area (Å²) >= 11 is 0. The van der Waals surface area contributed by atoms with Crippen molar-refractivity contribution >= 4 is 11.6 Å². The number of rotatable bonds is 15. The van der Waals surface area contributed by atoms with Crippen molar-refractivity contribution in [3.05, 3.63) is 48.7 Å². The first-order valence-corrected chi connectivity index (χ1v) is 17.6. The Balaban J connectivity index is 1.02. The average molecular weight is 684 g/mol. The van der Waals surface area contributed by atoms with Gasteiger partial charge in [0.15, 0.2) is 0 Å². The van der Waals surface area contributed by atoms with Crippen molar-refractivity contribution in [3.63, 3.8) is 0 Å². The minimum atomic E-state index is -0.268. The third-order valence-corrected chi connectivity index (χ3v) is 9.94. The Morgan fingerprint density at radius 2 is 1.72 bits per heavy atom. The molecule has 1 aliphatic carbocycles. The number of tetrazole rings is 1. The molecule has 1 saturated carbocycles. The van der Waals surface area contributed by atoms with Crippen LogP contribution in [0.4, 0.5) is 11.6 Å². The molecule has 2 aliphatic heterocycles. The number of methoxy groups -OCH3 is 1. The van der Waals surface area contributed by atoms with Crippen LogP contribution in [0.3, 0.4) is 0 Å². The monoisotopic (exact) mass is 683 g/mol. The van der Waals surface area contributed by atoms with Gasteiger partial charge >= 0.3 is 0 Å². The SMILES string of the molecule is COCCCCOc1nn([C@H]2CC[C@H](N3[C@@H]4CC[C@@H]3COC4)CC2)cc1Nc1ncc(-c2ccc(C#N)c(O[C@@H](C)Cn3cnnn3)c2)cn1. The van der Waals surface area contributed by atoms with E-state index in [9.17, 15) is 5.26 Å². The van der Waals surface area contributed by atoms with Gasteiger partial charge in [0.05, 0.1) is 44.2 Å². The van der Waals surface area contributed by atoms with E-state index in [2.05, 4.69) is 46.5 Å². The second kappa shape index (κ2) is 15.9. The lowest BCUT2D eigenvalue weighted by atomic mass is 9.89. The van der Waals surface area contributed by atoms with Gasteiger partial charge in [-0.25, -0.2) is 14.6 Å². The Morgan fingerprint density at radius 1 is 0.980 bits per heavy atom. The highest BCUT2D eigenvalue weighted by atomic mass is 16.5. The Kier molecular flexibility index (Phi) is 10.8. The molecule has 3 aliphatic rings. The van der Waals surface area contributed by atoms with Gasteiger partial charge in [0.1, 0.15) is 29.9 Å². The molecule has 2 saturated heterocycles. The molecular formula is C35H45N11O4. The summed E-state index contributed by atoms with van der Waals surface area (Å²) in [7, 11) is 1.71. The largest absolute Gasteiger partial charge is 0.487 e. The van der Waals surface area contributed by atoms with Crippen LogP contribution in [-0.4, -0.2) is 103 Å². The number of aromatic nitrogens is 8. The molecule has 0 radical (unpaired) electrons. The van der Waals surface area contributed by atoms with Crippen molar-refractivity contribution in [1.82, 2.24) is 44.9 Å². The van der Waals surface area contributed by atoms with Gasteiger partial charge in [-0.3, -0.25) is 9.58 Å². The van der Waals surface area contributed by atoms with E-state index in [1.54, 1.807) is 30.3 Å². The van der Waals surface area contributed by atoms with Crippen LogP contribution in [0.2, 0.25) is 0 Å². The maximum Gasteiger partial charge on any atom is 0.256 e. The number of ether oxygens (including phenoxy) is 4. The van der Waals surface area contributed by atoms with Gasteiger partial charge in [-0.05, 0) is 86.4 Å². The summed E-state index contributed by atoms with van der Waals surface area (Å²) in [6.07, 6.45) is 15.6. The first-order chi connectivity index (χ1) is 24.6. The molecule has 1 N–H and O–H groups in total. The van der Waals surface area contributed by atoms with E-state index in [-0.39, 0.29) is 6.10 Å². The van der Waals surface area contributed by atoms with Gasteiger partial charge in [0, 0.05) is 49.8 Å². The fourth-order valence-electron chi connectivity index (χ4n) is 7.48. The van der Waals surface area contributed by atoms with Gasteiger partial charge in [-0.2, -0.15) is 5.26 Å². The Hall–Kier alpha value is -4.65. The van der Waals surface area contributed by atoms with E-state index in [1.807, 2.05) is 25.3 Å². The number of nitrogens with zero attached hydrogens (tertiary/aromatic N) is 10. The maximum absolute atomic E-state index is 9.68. The summed E-state index contributed by atoms with van der Waals surface area (Å²) in [5.41, 5.74) is 2.79. The summed E-state index contributed by atoms with van der Waals surface area (Å²) in [4.78, 5) is 12.0. The lowest BCUT2D eigenvalue weighted by molar-refractivity contribution is -0.0458. The molecule has 15 heteroatoms. The Bertz CT molecular complexity index is 1700. The van der Waals surface area contributed by atoms with Crippen LogP contribution in [0.1, 0.15) is 69.9 Å². The van der Waals surface area contributed by atoms with Gasteiger partial charge in [-0.15, -0.1) is 10.2 Å². The standard InChI is InChI=1S/C35H45N11O4/c1-24(19-44-23-39-42-43-44)50-33-15-25(5-6-26(33)16-36)27-17-37-35(38-18-27)40-32-20-45(41-34(32)49-14-4-3-13-47-2)28-7-9-29(10-8-28)46-30-11-12-31(46)22-48-21-30/h5-6,15,17-18,20,23-24,28-31H,3-4,7-14,19,21-22H2,1-2H3,(H,37,38,40)/t24-,28-,29-,30+,31+/m0/s1. The van der Waals surface area contributed by atoms with Crippen molar-refractivity contribution in [3.8, 4) is 28.8 Å². The number of hydrogen-bond donors (Lipinski definition) is 1. The zero-order chi connectivity index (χ0) is 34.3. The predicted molar refractivity (Wildman–Crippen MR) is 183 cm³/mol. The summed E-state index contributed by atoms with van der Waals surface area (Å²) in [5, 5.41) is 29.2. The third kappa shape index (κ3) is 7.88.